The Kier molecular flexibility index (Phi) is 4.80. The minimum absolute atomic E-state index is 0.176. The topological polar surface area (TPSA) is 63.5 Å². The molecule has 0 aliphatic carbocycles. The molecule has 0 atom stereocenters. The molecule has 2 N–H and O–H groups in total. The molecule has 1 aromatic heterocycles. The fourth-order valence-electron chi connectivity index (χ4n) is 1.87. The lowest BCUT2D eigenvalue weighted by Crippen LogP contribution is -2.38. The Bertz CT molecular complexity index is 536. The zero-order valence-corrected chi connectivity index (χ0v) is 10.9. The molecule has 2 aromatic rings. The summed E-state index contributed by atoms with van der Waals surface area (Å²) in [6, 6.07) is 7.70. The highest BCUT2D eigenvalue weighted by Crippen LogP contribution is 2.20. The summed E-state index contributed by atoms with van der Waals surface area (Å²) in [5.74, 6) is 0. The standard InChI is InChI=1S/C14H18N2O3/c1-18-9-8-16-14(17)15-7-6-11-10-19-13-5-3-2-4-12(11)13/h2-5,10H,6-9H2,1H3,(H2,15,16,17). The molecular formula is C14H18N2O3. The van der Waals surface area contributed by atoms with Gasteiger partial charge in [-0.05, 0) is 18.1 Å². The average molecular weight is 262 g/mol. The number of benzene rings is 1. The monoisotopic (exact) mass is 262 g/mol. The molecule has 0 aliphatic rings. The van der Waals surface area contributed by atoms with E-state index in [9.17, 15) is 4.79 Å². The molecule has 1 heterocycles. The Morgan fingerprint density at radius 3 is 2.89 bits per heavy atom. The second kappa shape index (κ2) is 6.80. The van der Waals surface area contributed by atoms with E-state index in [0.717, 1.165) is 23.0 Å². The van der Waals surface area contributed by atoms with E-state index in [4.69, 9.17) is 9.15 Å². The van der Waals surface area contributed by atoms with Crippen LogP contribution in [0.5, 0.6) is 0 Å². The zero-order chi connectivity index (χ0) is 13.5. The number of furan rings is 1. The van der Waals surface area contributed by atoms with E-state index in [1.54, 1.807) is 13.4 Å². The number of rotatable bonds is 6. The molecule has 0 fully saturated rings. The summed E-state index contributed by atoms with van der Waals surface area (Å²) < 4.78 is 10.3. The number of methoxy groups -OCH3 is 1. The van der Waals surface area contributed by atoms with Crippen LogP contribution in [0, 0.1) is 0 Å². The van der Waals surface area contributed by atoms with Gasteiger partial charge in [-0.2, -0.15) is 0 Å². The smallest absolute Gasteiger partial charge is 0.314 e. The van der Waals surface area contributed by atoms with Crippen molar-refractivity contribution >= 4 is 17.0 Å². The Morgan fingerprint density at radius 2 is 2.05 bits per heavy atom. The van der Waals surface area contributed by atoms with Crippen LogP contribution in [0.4, 0.5) is 4.79 Å². The molecule has 5 nitrogen and oxygen atoms in total. The summed E-state index contributed by atoms with van der Waals surface area (Å²) in [5, 5.41) is 6.60. The minimum Gasteiger partial charge on any atom is -0.464 e. The number of para-hydroxylation sites is 1. The third kappa shape index (κ3) is 3.72. The van der Waals surface area contributed by atoms with Gasteiger partial charge >= 0.3 is 6.03 Å². The number of urea groups is 1. The maximum Gasteiger partial charge on any atom is 0.314 e. The number of nitrogens with one attached hydrogen (secondary N) is 2. The van der Waals surface area contributed by atoms with Gasteiger partial charge in [-0.15, -0.1) is 0 Å². The first-order chi connectivity index (χ1) is 9.31. The molecule has 0 unspecified atom stereocenters. The van der Waals surface area contributed by atoms with E-state index in [0.29, 0.717) is 19.7 Å². The molecule has 0 bridgehead atoms. The Labute approximate surface area is 111 Å². The van der Waals surface area contributed by atoms with Crippen molar-refractivity contribution in [3.8, 4) is 0 Å². The molecule has 2 rings (SSSR count). The average Bonchev–Trinajstić information content (AvgIpc) is 2.83. The minimum atomic E-state index is -0.176. The molecule has 102 valence electrons. The van der Waals surface area contributed by atoms with E-state index < -0.39 is 0 Å². The van der Waals surface area contributed by atoms with E-state index >= 15 is 0 Å². The van der Waals surface area contributed by atoms with Gasteiger partial charge in [-0.25, -0.2) is 4.79 Å². The molecule has 2 amide bonds. The fraction of sp³-hybridized carbons (Fsp3) is 0.357. The van der Waals surface area contributed by atoms with Crippen molar-refractivity contribution in [2.75, 3.05) is 26.8 Å². The highest BCUT2D eigenvalue weighted by atomic mass is 16.5. The third-order valence-corrected chi connectivity index (χ3v) is 2.83. The lowest BCUT2D eigenvalue weighted by molar-refractivity contribution is 0.196. The number of carbonyl (C=O) groups is 1. The first kappa shape index (κ1) is 13.4. The quantitative estimate of drug-likeness (QED) is 0.782. The second-order valence-electron chi connectivity index (χ2n) is 4.18. The number of fused-ring (bicyclic) bond motifs is 1. The maximum absolute atomic E-state index is 11.4. The number of hydrogen-bond acceptors (Lipinski definition) is 3. The van der Waals surface area contributed by atoms with Crippen LogP contribution in [0.25, 0.3) is 11.0 Å². The molecule has 0 radical (unpaired) electrons. The van der Waals surface area contributed by atoms with E-state index in [-0.39, 0.29) is 6.03 Å². The van der Waals surface area contributed by atoms with Crippen molar-refractivity contribution in [1.82, 2.24) is 10.6 Å². The van der Waals surface area contributed by atoms with Crippen molar-refractivity contribution in [3.05, 3.63) is 36.1 Å². The second-order valence-corrected chi connectivity index (χ2v) is 4.18. The summed E-state index contributed by atoms with van der Waals surface area (Å²) in [6.07, 6.45) is 2.49. The highest BCUT2D eigenvalue weighted by Gasteiger charge is 2.05. The van der Waals surface area contributed by atoms with Crippen LogP contribution in [-0.2, 0) is 11.2 Å². The van der Waals surface area contributed by atoms with E-state index in [1.807, 2.05) is 24.3 Å². The van der Waals surface area contributed by atoms with Gasteiger partial charge in [0.05, 0.1) is 12.9 Å². The molecule has 1 aromatic carbocycles. The van der Waals surface area contributed by atoms with Crippen molar-refractivity contribution in [2.24, 2.45) is 0 Å². The van der Waals surface area contributed by atoms with Crippen LogP contribution in [-0.4, -0.2) is 32.8 Å². The predicted octanol–water partition coefficient (Wildman–Crippen LogP) is 1.92. The fourth-order valence-corrected chi connectivity index (χ4v) is 1.87. The summed E-state index contributed by atoms with van der Waals surface area (Å²) in [5.41, 5.74) is 1.98. The maximum atomic E-state index is 11.4. The lowest BCUT2D eigenvalue weighted by Gasteiger charge is -2.06. The molecular weight excluding hydrogens is 244 g/mol. The molecule has 0 aliphatic heterocycles. The Hall–Kier alpha value is -2.01. The van der Waals surface area contributed by atoms with E-state index in [2.05, 4.69) is 10.6 Å². The third-order valence-electron chi connectivity index (χ3n) is 2.83. The van der Waals surface area contributed by atoms with Gasteiger partial charge in [0.2, 0.25) is 0 Å². The van der Waals surface area contributed by atoms with Crippen LogP contribution in [0.1, 0.15) is 5.56 Å². The van der Waals surface area contributed by atoms with Gasteiger partial charge in [-0.3, -0.25) is 0 Å². The first-order valence-electron chi connectivity index (χ1n) is 6.27. The number of ether oxygens (including phenoxy) is 1. The van der Waals surface area contributed by atoms with Gasteiger partial charge in [-0.1, -0.05) is 18.2 Å². The van der Waals surface area contributed by atoms with Crippen molar-refractivity contribution in [1.29, 1.82) is 0 Å². The first-order valence-corrected chi connectivity index (χ1v) is 6.27. The lowest BCUT2D eigenvalue weighted by atomic mass is 10.1. The Balaban J connectivity index is 1.78. The van der Waals surface area contributed by atoms with Gasteiger partial charge in [0.25, 0.3) is 0 Å². The predicted molar refractivity (Wildman–Crippen MR) is 73.2 cm³/mol. The largest absolute Gasteiger partial charge is 0.464 e. The zero-order valence-electron chi connectivity index (χ0n) is 10.9. The number of carbonyl (C=O) groups excluding carboxylic acids is 1. The van der Waals surface area contributed by atoms with Crippen LogP contribution in [0.3, 0.4) is 0 Å². The number of amides is 2. The molecule has 5 heteroatoms. The SMILES string of the molecule is COCCNC(=O)NCCc1coc2ccccc12. The van der Waals surface area contributed by atoms with Gasteiger partial charge in [0.15, 0.2) is 0 Å². The Morgan fingerprint density at radius 1 is 1.26 bits per heavy atom. The van der Waals surface area contributed by atoms with Crippen molar-refractivity contribution < 1.29 is 13.9 Å². The molecule has 0 spiro atoms. The molecule has 0 saturated heterocycles. The summed E-state index contributed by atoms with van der Waals surface area (Å²) in [7, 11) is 1.60. The summed E-state index contributed by atoms with van der Waals surface area (Å²) in [6.45, 7) is 1.60. The highest BCUT2D eigenvalue weighted by molar-refractivity contribution is 5.81. The van der Waals surface area contributed by atoms with Gasteiger partial charge in [0, 0.05) is 25.6 Å². The molecule has 19 heavy (non-hydrogen) atoms. The summed E-state index contributed by atoms with van der Waals surface area (Å²) in [4.78, 5) is 11.4. The van der Waals surface area contributed by atoms with Gasteiger partial charge in [0.1, 0.15) is 5.58 Å². The van der Waals surface area contributed by atoms with Crippen molar-refractivity contribution in [2.45, 2.75) is 6.42 Å². The van der Waals surface area contributed by atoms with Crippen molar-refractivity contribution in [3.63, 3.8) is 0 Å². The van der Waals surface area contributed by atoms with Crippen LogP contribution in [0.15, 0.2) is 34.9 Å². The van der Waals surface area contributed by atoms with E-state index in [1.165, 1.54) is 0 Å². The normalized spacial score (nSPS) is 10.6. The molecule has 0 saturated carbocycles. The van der Waals surface area contributed by atoms with Crippen LogP contribution < -0.4 is 10.6 Å². The summed E-state index contributed by atoms with van der Waals surface area (Å²) >= 11 is 0. The number of hydrogen-bond donors (Lipinski definition) is 2. The van der Waals surface area contributed by atoms with Crippen LogP contribution >= 0.6 is 0 Å². The van der Waals surface area contributed by atoms with Gasteiger partial charge < -0.3 is 19.8 Å². The van der Waals surface area contributed by atoms with Crippen LogP contribution in [0.2, 0.25) is 0 Å².